The Morgan fingerprint density at radius 3 is 2.54 bits per heavy atom. The molecule has 1 aliphatic carbocycles. The van der Waals surface area contributed by atoms with Crippen molar-refractivity contribution >= 4 is 0 Å². The molecule has 0 atom stereocenters. The fraction of sp³-hybridized carbons (Fsp3) is 0.429. The van der Waals surface area contributed by atoms with E-state index in [-0.39, 0.29) is 0 Å². The van der Waals surface area contributed by atoms with E-state index in [0.29, 0.717) is 12.6 Å². The van der Waals surface area contributed by atoms with Crippen LogP contribution < -0.4 is 14.8 Å². The lowest BCUT2D eigenvalue weighted by molar-refractivity contribution is 0.303. The zero-order chi connectivity index (χ0) is 16.6. The fourth-order valence-corrected chi connectivity index (χ4v) is 3.26. The minimum Gasteiger partial charge on any atom is -0.496 e. The maximum atomic E-state index is 5.88. The molecule has 3 rings (SSSR count). The van der Waals surface area contributed by atoms with Gasteiger partial charge in [0.2, 0.25) is 0 Å². The summed E-state index contributed by atoms with van der Waals surface area (Å²) in [5, 5.41) is 3.67. The van der Waals surface area contributed by atoms with E-state index in [1.54, 1.807) is 7.11 Å². The molecule has 0 saturated heterocycles. The Hall–Kier alpha value is -2.00. The number of hydrogen-bond acceptors (Lipinski definition) is 3. The third-order valence-corrected chi connectivity index (χ3v) is 4.69. The molecule has 1 aliphatic rings. The summed E-state index contributed by atoms with van der Waals surface area (Å²) in [7, 11) is 1.72. The summed E-state index contributed by atoms with van der Waals surface area (Å²) in [6.07, 6.45) is 6.66. The zero-order valence-electron chi connectivity index (χ0n) is 14.5. The molecule has 1 fully saturated rings. The van der Waals surface area contributed by atoms with Crippen molar-refractivity contribution in [3.63, 3.8) is 0 Å². The van der Waals surface area contributed by atoms with Crippen LogP contribution in [0, 0.1) is 0 Å². The minimum atomic E-state index is 0.573. The fourth-order valence-electron chi connectivity index (χ4n) is 3.26. The van der Waals surface area contributed by atoms with Gasteiger partial charge < -0.3 is 14.8 Å². The van der Waals surface area contributed by atoms with E-state index in [2.05, 4.69) is 23.5 Å². The third kappa shape index (κ3) is 4.75. The molecule has 0 bridgehead atoms. The van der Waals surface area contributed by atoms with Gasteiger partial charge in [0, 0.05) is 24.2 Å². The van der Waals surface area contributed by atoms with E-state index in [9.17, 15) is 0 Å². The van der Waals surface area contributed by atoms with Crippen LogP contribution in [-0.2, 0) is 13.2 Å². The lowest BCUT2D eigenvalue weighted by atomic mass is 9.95. The highest BCUT2D eigenvalue weighted by Crippen LogP contribution is 2.26. The van der Waals surface area contributed by atoms with Crippen LogP contribution in [0.25, 0.3) is 0 Å². The Morgan fingerprint density at radius 1 is 1.00 bits per heavy atom. The van der Waals surface area contributed by atoms with Gasteiger partial charge in [0.25, 0.3) is 0 Å². The number of methoxy groups -OCH3 is 1. The van der Waals surface area contributed by atoms with Crippen LogP contribution in [0.2, 0.25) is 0 Å². The second-order valence-corrected chi connectivity index (χ2v) is 6.46. The quantitative estimate of drug-likeness (QED) is 0.800. The van der Waals surface area contributed by atoms with Crippen LogP contribution in [0.3, 0.4) is 0 Å². The molecule has 0 spiro atoms. The van der Waals surface area contributed by atoms with Crippen molar-refractivity contribution in [3.8, 4) is 11.5 Å². The molecule has 0 radical (unpaired) electrons. The summed E-state index contributed by atoms with van der Waals surface area (Å²) in [5.41, 5.74) is 2.36. The minimum absolute atomic E-state index is 0.573. The molecule has 0 heterocycles. The van der Waals surface area contributed by atoms with Gasteiger partial charge in [0.05, 0.1) is 7.11 Å². The Labute approximate surface area is 145 Å². The molecule has 2 aromatic rings. The van der Waals surface area contributed by atoms with Gasteiger partial charge in [0.1, 0.15) is 18.1 Å². The molecule has 128 valence electrons. The monoisotopic (exact) mass is 325 g/mol. The predicted octanol–water partition coefficient (Wildman–Crippen LogP) is 4.70. The summed E-state index contributed by atoms with van der Waals surface area (Å²) in [5.74, 6) is 1.74. The Balaban J connectivity index is 1.57. The van der Waals surface area contributed by atoms with Gasteiger partial charge in [0.15, 0.2) is 0 Å². The second kappa shape index (κ2) is 8.74. The van der Waals surface area contributed by atoms with Crippen LogP contribution in [0.4, 0.5) is 0 Å². The van der Waals surface area contributed by atoms with Crippen molar-refractivity contribution in [2.45, 2.75) is 51.3 Å². The molecule has 1 saturated carbocycles. The van der Waals surface area contributed by atoms with Crippen molar-refractivity contribution < 1.29 is 9.47 Å². The van der Waals surface area contributed by atoms with Crippen molar-refractivity contribution in [2.75, 3.05) is 7.11 Å². The van der Waals surface area contributed by atoms with Crippen LogP contribution in [0.5, 0.6) is 11.5 Å². The topological polar surface area (TPSA) is 30.5 Å². The van der Waals surface area contributed by atoms with Crippen molar-refractivity contribution in [3.05, 3.63) is 59.7 Å². The lowest BCUT2D eigenvalue weighted by Gasteiger charge is -2.23. The summed E-state index contributed by atoms with van der Waals surface area (Å²) in [4.78, 5) is 0. The molecule has 0 unspecified atom stereocenters. The Morgan fingerprint density at radius 2 is 1.79 bits per heavy atom. The van der Waals surface area contributed by atoms with Gasteiger partial charge in [-0.25, -0.2) is 0 Å². The van der Waals surface area contributed by atoms with Crippen LogP contribution in [0.15, 0.2) is 48.5 Å². The van der Waals surface area contributed by atoms with Crippen molar-refractivity contribution in [1.29, 1.82) is 0 Å². The SMILES string of the molecule is COc1cc(OCc2ccccc2)ccc1CNC1CCCCC1. The lowest BCUT2D eigenvalue weighted by Crippen LogP contribution is -2.30. The van der Waals surface area contributed by atoms with E-state index in [1.807, 2.05) is 30.3 Å². The molecule has 24 heavy (non-hydrogen) atoms. The molecule has 0 aliphatic heterocycles. The first kappa shape index (κ1) is 16.8. The first-order valence-electron chi connectivity index (χ1n) is 8.92. The first-order valence-corrected chi connectivity index (χ1v) is 8.92. The van der Waals surface area contributed by atoms with Crippen molar-refractivity contribution in [2.24, 2.45) is 0 Å². The Bertz CT molecular complexity index is 621. The molecule has 1 N–H and O–H groups in total. The highest BCUT2D eigenvalue weighted by Gasteiger charge is 2.13. The van der Waals surface area contributed by atoms with E-state index in [4.69, 9.17) is 9.47 Å². The van der Waals surface area contributed by atoms with Gasteiger partial charge in [-0.05, 0) is 24.5 Å². The summed E-state index contributed by atoms with van der Waals surface area (Å²) in [6, 6.07) is 17.0. The molecule has 0 amide bonds. The second-order valence-electron chi connectivity index (χ2n) is 6.46. The average Bonchev–Trinajstić information content (AvgIpc) is 2.66. The van der Waals surface area contributed by atoms with Gasteiger partial charge in [-0.2, -0.15) is 0 Å². The van der Waals surface area contributed by atoms with Gasteiger partial charge in [-0.15, -0.1) is 0 Å². The number of benzene rings is 2. The highest BCUT2D eigenvalue weighted by molar-refractivity contribution is 5.40. The largest absolute Gasteiger partial charge is 0.496 e. The first-order chi connectivity index (χ1) is 11.8. The highest BCUT2D eigenvalue weighted by atomic mass is 16.5. The zero-order valence-corrected chi connectivity index (χ0v) is 14.5. The molecular weight excluding hydrogens is 298 g/mol. The summed E-state index contributed by atoms with van der Waals surface area (Å²) < 4.78 is 11.4. The number of nitrogens with one attached hydrogen (secondary N) is 1. The van der Waals surface area contributed by atoms with E-state index in [0.717, 1.165) is 18.0 Å². The maximum absolute atomic E-state index is 5.88. The molecular formula is C21H27NO2. The van der Waals surface area contributed by atoms with E-state index < -0.39 is 0 Å². The Kier molecular flexibility index (Phi) is 6.13. The molecule has 0 aromatic heterocycles. The number of hydrogen-bond donors (Lipinski definition) is 1. The standard InChI is InChI=1S/C21H27NO2/c1-23-21-14-20(24-16-17-8-4-2-5-9-17)13-12-18(21)15-22-19-10-6-3-7-11-19/h2,4-5,8-9,12-14,19,22H,3,6-7,10-11,15-16H2,1H3. The van der Waals surface area contributed by atoms with Crippen molar-refractivity contribution in [1.82, 2.24) is 5.32 Å². The van der Waals surface area contributed by atoms with Crippen LogP contribution in [-0.4, -0.2) is 13.2 Å². The summed E-state index contributed by atoms with van der Waals surface area (Å²) >= 11 is 0. The smallest absolute Gasteiger partial charge is 0.127 e. The van der Waals surface area contributed by atoms with E-state index >= 15 is 0 Å². The molecule has 3 nitrogen and oxygen atoms in total. The maximum Gasteiger partial charge on any atom is 0.127 e. The number of ether oxygens (including phenoxy) is 2. The van der Waals surface area contributed by atoms with Gasteiger partial charge in [-0.1, -0.05) is 55.7 Å². The third-order valence-electron chi connectivity index (χ3n) is 4.69. The summed E-state index contributed by atoms with van der Waals surface area (Å²) in [6.45, 7) is 1.43. The van der Waals surface area contributed by atoms with Crippen LogP contribution >= 0.6 is 0 Å². The van der Waals surface area contributed by atoms with Gasteiger partial charge >= 0.3 is 0 Å². The average molecular weight is 325 g/mol. The van der Waals surface area contributed by atoms with Gasteiger partial charge in [-0.3, -0.25) is 0 Å². The molecule has 3 heteroatoms. The van der Waals surface area contributed by atoms with Crippen LogP contribution in [0.1, 0.15) is 43.2 Å². The molecule has 2 aromatic carbocycles. The number of rotatable bonds is 7. The normalized spacial score (nSPS) is 15.2. The van der Waals surface area contributed by atoms with E-state index in [1.165, 1.54) is 43.2 Å². The predicted molar refractivity (Wildman–Crippen MR) is 97.5 cm³/mol.